The molecule has 0 radical (unpaired) electrons. The van der Waals surface area contributed by atoms with Crippen LogP contribution in [-0.4, -0.2) is 24.9 Å². The minimum absolute atomic E-state index is 0.336. The normalized spacial score (nSPS) is 18.3. The summed E-state index contributed by atoms with van der Waals surface area (Å²) in [5.41, 5.74) is 9.41. The highest BCUT2D eigenvalue weighted by Gasteiger charge is 2.51. The maximum absolute atomic E-state index is 8.18. The summed E-state index contributed by atoms with van der Waals surface area (Å²) in [6.45, 7) is 8.55. The lowest BCUT2D eigenvalue weighted by Gasteiger charge is -2.32. The molecule has 1 aromatic carbocycles. The van der Waals surface area contributed by atoms with Crippen LogP contribution in [0.25, 0.3) is 10.4 Å². The van der Waals surface area contributed by atoms with Crippen molar-refractivity contribution < 1.29 is 9.31 Å². The summed E-state index contributed by atoms with van der Waals surface area (Å²) in [6, 6.07) is 7.83. The van der Waals surface area contributed by atoms with Crippen molar-refractivity contribution in [3.63, 3.8) is 0 Å². The lowest BCUT2D eigenvalue weighted by atomic mass is 9.79. The second-order valence-corrected chi connectivity index (χ2v) is 6.22. The van der Waals surface area contributed by atoms with Crippen molar-refractivity contribution in [3.05, 3.63) is 40.3 Å². The lowest BCUT2D eigenvalue weighted by Crippen LogP contribution is -2.41. The molecule has 22 heavy (non-hydrogen) atoms. The fraction of sp³-hybridized carbons (Fsp3) is 0.500. The van der Waals surface area contributed by atoms with E-state index >= 15 is 0 Å². The van der Waals surface area contributed by atoms with Crippen LogP contribution in [0.5, 0.6) is 0 Å². The molecule has 0 aromatic heterocycles. The summed E-state index contributed by atoms with van der Waals surface area (Å²) in [6.07, 6.45) is 0.559. The van der Waals surface area contributed by atoms with Crippen molar-refractivity contribution in [2.45, 2.75) is 45.3 Å². The van der Waals surface area contributed by atoms with Gasteiger partial charge in [-0.3, -0.25) is 0 Å². The Morgan fingerprint density at radius 1 is 1.14 bits per heavy atom. The topological polar surface area (TPSA) is 67.2 Å². The van der Waals surface area contributed by atoms with Crippen molar-refractivity contribution in [1.82, 2.24) is 0 Å². The van der Waals surface area contributed by atoms with Gasteiger partial charge < -0.3 is 9.31 Å². The number of benzene rings is 1. The van der Waals surface area contributed by atoms with E-state index in [1.807, 2.05) is 52.0 Å². The monoisotopic (exact) mass is 297 g/mol. The first-order chi connectivity index (χ1) is 10.4. The minimum Gasteiger partial charge on any atom is -0.399 e. The second kappa shape index (κ2) is 6.45. The standard InChI is InChI=1S/C16H20BN3O2/c1-15(2)16(3,4)22-17(21-15)14-10-8-13(9-11-14)7-5-6-12-19-20-18/h8-11H,6,12H2,1-4H3. The van der Waals surface area contributed by atoms with Crippen molar-refractivity contribution in [2.24, 2.45) is 5.11 Å². The fourth-order valence-corrected chi connectivity index (χ4v) is 2.02. The van der Waals surface area contributed by atoms with Gasteiger partial charge in [-0.25, -0.2) is 0 Å². The highest BCUT2D eigenvalue weighted by molar-refractivity contribution is 6.62. The average Bonchev–Trinajstić information content (AvgIpc) is 2.68. The number of rotatable bonds is 3. The maximum atomic E-state index is 8.18. The lowest BCUT2D eigenvalue weighted by molar-refractivity contribution is 0.00578. The molecule has 2 rings (SSSR count). The van der Waals surface area contributed by atoms with Crippen LogP contribution in [0.1, 0.15) is 39.7 Å². The van der Waals surface area contributed by atoms with Gasteiger partial charge in [-0.2, -0.15) is 0 Å². The van der Waals surface area contributed by atoms with Gasteiger partial charge in [0.15, 0.2) is 0 Å². The van der Waals surface area contributed by atoms with Crippen LogP contribution in [0.4, 0.5) is 0 Å². The summed E-state index contributed by atoms with van der Waals surface area (Å²) in [5, 5.41) is 3.44. The van der Waals surface area contributed by atoms with Crippen LogP contribution in [0.3, 0.4) is 0 Å². The van der Waals surface area contributed by atoms with Crippen LogP contribution >= 0.6 is 0 Å². The van der Waals surface area contributed by atoms with E-state index in [0.29, 0.717) is 13.0 Å². The van der Waals surface area contributed by atoms with Gasteiger partial charge in [-0.1, -0.05) is 29.1 Å². The predicted molar refractivity (Wildman–Crippen MR) is 87.7 cm³/mol. The Hall–Kier alpha value is -1.93. The number of azide groups is 1. The first-order valence-electron chi connectivity index (χ1n) is 7.31. The van der Waals surface area contributed by atoms with Crippen molar-refractivity contribution in [1.29, 1.82) is 0 Å². The molecule has 5 nitrogen and oxygen atoms in total. The first kappa shape index (κ1) is 16.4. The molecule has 1 heterocycles. The van der Waals surface area contributed by atoms with Crippen LogP contribution in [-0.2, 0) is 9.31 Å². The summed E-state index contributed by atoms with van der Waals surface area (Å²) in [5.74, 6) is 6.01. The Kier molecular flexibility index (Phi) is 4.82. The van der Waals surface area contributed by atoms with Gasteiger partial charge >= 0.3 is 7.12 Å². The number of nitrogens with zero attached hydrogens (tertiary/aromatic N) is 3. The summed E-state index contributed by atoms with van der Waals surface area (Å²) in [7, 11) is -0.350. The van der Waals surface area contributed by atoms with E-state index in [0.717, 1.165) is 11.0 Å². The highest BCUT2D eigenvalue weighted by Crippen LogP contribution is 2.36. The molecule has 0 amide bonds. The van der Waals surface area contributed by atoms with E-state index in [-0.39, 0.29) is 18.3 Å². The van der Waals surface area contributed by atoms with E-state index < -0.39 is 0 Å². The van der Waals surface area contributed by atoms with E-state index in [2.05, 4.69) is 21.9 Å². The molecule has 1 aromatic rings. The molecule has 1 aliphatic rings. The third-order valence-electron chi connectivity index (χ3n) is 4.07. The zero-order valence-corrected chi connectivity index (χ0v) is 13.5. The predicted octanol–water partition coefficient (Wildman–Crippen LogP) is 3.04. The van der Waals surface area contributed by atoms with Crippen LogP contribution in [0, 0.1) is 11.8 Å². The summed E-state index contributed by atoms with van der Waals surface area (Å²) >= 11 is 0. The second-order valence-electron chi connectivity index (χ2n) is 6.22. The fourth-order valence-electron chi connectivity index (χ4n) is 2.02. The zero-order chi connectivity index (χ0) is 16.2. The Morgan fingerprint density at radius 3 is 2.27 bits per heavy atom. The maximum Gasteiger partial charge on any atom is 0.494 e. The molecule has 1 saturated heterocycles. The van der Waals surface area contributed by atoms with Gasteiger partial charge in [0.1, 0.15) is 0 Å². The molecule has 0 unspecified atom stereocenters. The summed E-state index contributed by atoms with van der Waals surface area (Å²) < 4.78 is 12.0. The van der Waals surface area contributed by atoms with Crippen LogP contribution < -0.4 is 5.46 Å². The molecule has 0 N–H and O–H groups in total. The number of hydrogen-bond acceptors (Lipinski definition) is 3. The molecule has 0 bridgehead atoms. The first-order valence-corrected chi connectivity index (χ1v) is 7.31. The van der Waals surface area contributed by atoms with Gasteiger partial charge in [0, 0.05) is 23.4 Å². The van der Waals surface area contributed by atoms with E-state index in [1.54, 1.807) is 0 Å². The quantitative estimate of drug-likeness (QED) is 0.215. The summed E-state index contributed by atoms with van der Waals surface area (Å²) in [4.78, 5) is 2.69. The Bertz CT molecular complexity index is 622. The SMILES string of the molecule is CC1(C)OB(c2ccc(C#CCCN=[N+]=[N-])cc2)OC1(C)C. The van der Waals surface area contributed by atoms with Crippen molar-refractivity contribution in [2.75, 3.05) is 6.54 Å². The smallest absolute Gasteiger partial charge is 0.399 e. The molecule has 0 aliphatic carbocycles. The van der Waals surface area contributed by atoms with Gasteiger partial charge in [0.25, 0.3) is 0 Å². The molecular weight excluding hydrogens is 277 g/mol. The third-order valence-corrected chi connectivity index (χ3v) is 4.07. The third kappa shape index (κ3) is 3.64. The minimum atomic E-state index is -0.350. The highest BCUT2D eigenvalue weighted by atomic mass is 16.7. The molecule has 0 spiro atoms. The van der Waals surface area contributed by atoms with Crippen LogP contribution in [0.15, 0.2) is 29.4 Å². The van der Waals surface area contributed by atoms with Gasteiger partial charge in [0.05, 0.1) is 11.2 Å². The number of hydrogen-bond donors (Lipinski definition) is 0. The largest absolute Gasteiger partial charge is 0.494 e. The molecular formula is C16H20BN3O2. The van der Waals surface area contributed by atoms with E-state index in [9.17, 15) is 0 Å². The van der Waals surface area contributed by atoms with Gasteiger partial charge in [0.2, 0.25) is 0 Å². The van der Waals surface area contributed by atoms with Gasteiger partial charge in [-0.05, 0) is 50.8 Å². The van der Waals surface area contributed by atoms with Crippen molar-refractivity contribution in [3.8, 4) is 11.8 Å². The van der Waals surface area contributed by atoms with E-state index in [4.69, 9.17) is 14.8 Å². The average molecular weight is 297 g/mol. The van der Waals surface area contributed by atoms with Gasteiger partial charge in [-0.15, -0.1) is 0 Å². The van der Waals surface area contributed by atoms with Crippen LogP contribution in [0.2, 0.25) is 0 Å². The molecule has 0 saturated carbocycles. The van der Waals surface area contributed by atoms with E-state index in [1.165, 1.54) is 0 Å². The molecule has 1 aliphatic heterocycles. The molecule has 0 atom stereocenters. The molecule has 114 valence electrons. The molecule has 6 heteroatoms. The molecule has 1 fully saturated rings. The Morgan fingerprint density at radius 2 is 1.73 bits per heavy atom. The Balaban J connectivity index is 2.02. The Labute approximate surface area is 131 Å². The van der Waals surface area contributed by atoms with Crippen molar-refractivity contribution >= 4 is 12.6 Å². The zero-order valence-electron chi connectivity index (χ0n) is 13.5.